The van der Waals surface area contributed by atoms with Gasteiger partial charge in [0.1, 0.15) is 9.84 Å². The van der Waals surface area contributed by atoms with Crippen LogP contribution >= 0.6 is 0 Å². The van der Waals surface area contributed by atoms with Gasteiger partial charge in [0.25, 0.3) is 0 Å². The second kappa shape index (κ2) is 5.55. The van der Waals surface area contributed by atoms with Crippen LogP contribution < -0.4 is 11.1 Å². The fraction of sp³-hybridized carbons (Fsp3) is 0.364. The Kier molecular flexibility index (Phi) is 4.35. The van der Waals surface area contributed by atoms with Crippen molar-refractivity contribution in [3.63, 3.8) is 0 Å². The number of sulfone groups is 1. The standard InChI is InChI=1S/C11H15N3O2S/c1-17(15,16)6-2-5-14-11-4-3-9(8-12)7-10(11)13/h3-4,7,14H,2,5-6,13H2,1H3. The molecule has 0 aliphatic rings. The maximum atomic E-state index is 10.9. The van der Waals surface area contributed by atoms with Gasteiger partial charge in [-0.25, -0.2) is 8.42 Å². The summed E-state index contributed by atoms with van der Waals surface area (Å²) in [6, 6.07) is 6.96. The Bertz CT molecular complexity index is 532. The molecule has 17 heavy (non-hydrogen) atoms. The van der Waals surface area contributed by atoms with Gasteiger partial charge in [-0.05, 0) is 24.6 Å². The number of nitrogen functional groups attached to an aromatic ring is 1. The molecule has 92 valence electrons. The van der Waals surface area contributed by atoms with E-state index in [1.165, 1.54) is 6.26 Å². The lowest BCUT2D eigenvalue weighted by atomic mass is 10.2. The molecular formula is C11H15N3O2S. The Morgan fingerprint density at radius 1 is 1.47 bits per heavy atom. The van der Waals surface area contributed by atoms with Crippen molar-refractivity contribution in [3.8, 4) is 6.07 Å². The van der Waals surface area contributed by atoms with Gasteiger partial charge in [0.2, 0.25) is 0 Å². The molecule has 1 rings (SSSR count). The van der Waals surface area contributed by atoms with Crippen LogP contribution in [0.5, 0.6) is 0 Å². The minimum Gasteiger partial charge on any atom is -0.397 e. The Morgan fingerprint density at radius 3 is 2.71 bits per heavy atom. The fourth-order valence-corrected chi connectivity index (χ4v) is 2.02. The molecule has 0 bridgehead atoms. The zero-order chi connectivity index (χ0) is 12.9. The molecule has 0 unspecified atom stereocenters. The number of hydrogen-bond donors (Lipinski definition) is 2. The zero-order valence-corrected chi connectivity index (χ0v) is 10.4. The van der Waals surface area contributed by atoms with Crippen LogP contribution in [0.4, 0.5) is 11.4 Å². The molecule has 0 radical (unpaired) electrons. The zero-order valence-electron chi connectivity index (χ0n) is 9.60. The number of nitrogens with zero attached hydrogens (tertiary/aromatic N) is 1. The van der Waals surface area contributed by atoms with Gasteiger partial charge in [-0.3, -0.25) is 0 Å². The third-order valence-corrected chi connectivity index (χ3v) is 3.22. The van der Waals surface area contributed by atoms with Crippen molar-refractivity contribution in [2.24, 2.45) is 0 Å². The number of nitriles is 1. The second-order valence-electron chi connectivity index (χ2n) is 3.82. The van der Waals surface area contributed by atoms with Gasteiger partial charge >= 0.3 is 0 Å². The summed E-state index contributed by atoms with van der Waals surface area (Å²) in [6.07, 6.45) is 1.74. The molecule has 1 aromatic rings. The Hall–Kier alpha value is -1.74. The quantitative estimate of drug-likeness (QED) is 0.602. The first-order chi connectivity index (χ1) is 7.92. The molecule has 0 aliphatic carbocycles. The van der Waals surface area contributed by atoms with Crippen LogP contribution in [0.25, 0.3) is 0 Å². The van der Waals surface area contributed by atoms with Crippen LogP contribution in [0.3, 0.4) is 0 Å². The maximum absolute atomic E-state index is 10.9. The van der Waals surface area contributed by atoms with Crippen LogP contribution in [-0.2, 0) is 9.84 Å². The predicted octanol–water partition coefficient (Wildman–Crippen LogP) is 0.987. The number of nitrogens with two attached hydrogens (primary N) is 1. The van der Waals surface area contributed by atoms with E-state index < -0.39 is 9.84 Å². The normalized spacial score (nSPS) is 10.8. The van der Waals surface area contributed by atoms with Crippen molar-refractivity contribution in [2.45, 2.75) is 6.42 Å². The molecule has 0 aliphatic heterocycles. The van der Waals surface area contributed by atoms with Crippen LogP contribution in [-0.4, -0.2) is 27.0 Å². The highest BCUT2D eigenvalue weighted by molar-refractivity contribution is 7.90. The molecule has 0 amide bonds. The lowest BCUT2D eigenvalue weighted by Gasteiger charge is -2.08. The second-order valence-corrected chi connectivity index (χ2v) is 6.08. The summed E-state index contributed by atoms with van der Waals surface area (Å²) in [5.41, 5.74) is 7.45. The van der Waals surface area contributed by atoms with Gasteiger partial charge < -0.3 is 11.1 Å². The van der Waals surface area contributed by atoms with Gasteiger partial charge in [0.15, 0.2) is 0 Å². The van der Waals surface area contributed by atoms with E-state index in [0.29, 0.717) is 24.2 Å². The Morgan fingerprint density at radius 2 is 2.18 bits per heavy atom. The van der Waals surface area contributed by atoms with E-state index in [9.17, 15) is 8.42 Å². The first-order valence-electron chi connectivity index (χ1n) is 5.13. The van der Waals surface area contributed by atoms with Gasteiger partial charge in [-0.2, -0.15) is 5.26 Å². The monoisotopic (exact) mass is 253 g/mol. The third-order valence-electron chi connectivity index (χ3n) is 2.19. The van der Waals surface area contributed by atoms with Gasteiger partial charge in [0, 0.05) is 12.8 Å². The summed E-state index contributed by atoms with van der Waals surface area (Å²) in [6.45, 7) is 0.531. The van der Waals surface area contributed by atoms with E-state index in [4.69, 9.17) is 11.0 Å². The number of rotatable bonds is 5. The highest BCUT2D eigenvalue weighted by Gasteiger charge is 2.03. The van der Waals surface area contributed by atoms with Gasteiger partial charge in [-0.1, -0.05) is 0 Å². The molecule has 0 atom stereocenters. The van der Waals surface area contributed by atoms with E-state index in [-0.39, 0.29) is 5.75 Å². The van der Waals surface area contributed by atoms with Crippen molar-refractivity contribution in [1.82, 2.24) is 0 Å². The lowest BCUT2D eigenvalue weighted by molar-refractivity contribution is 0.600. The molecule has 0 fully saturated rings. The molecule has 0 saturated heterocycles. The average Bonchev–Trinajstić information content (AvgIpc) is 2.24. The number of benzene rings is 1. The number of hydrogen-bond acceptors (Lipinski definition) is 5. The van der Waals surface area contributed by atoms with Crippen molar-refractivity contribution < 1.29 is 8.42 Å². The topological polar surface area (TPSA) is 96.0 Å². The van der Waals surface area contributed by atoms with Gasteiger partial charge in [-0.15, -0.1) is 0 Å². The van der Waals surface area contributed by atoms with Crippen LogP contribution in [0, 0.1) is 11.3 Å². The summed E-state index contributed by atoms with van der Waals surface area (Å²) in [5.74, 6) is 0.149. The molecular weight excluding hydrogens is 238 g/mol. The first-order valence-corrected chi connectivity index (χ1v) is 7.19. The van der Waals surface area contributed by atoms with Crippen LogP contribution in [0.15, 0.2) is 18.2 Å². The largest absolute Gasteiger partial charge is 0.397 e. The minimum atomic E-state index is -2.91. The minimum absolute atomic E-state index is 0.149. The van der Waals surface area contributed by atoms with Crippen LogP contribution in [0.1, 0.15) is 12.0 Å². The predicted molar refractivity (Wildman–Crippen MR) is 68.4 cm³/mol. The molecule has 0 spiro atoms. The molecule has 0 aromatic heterocycles. The maximum Gasteiger partial charge on any atom is 0.147 e. The molecule has 6 heteroatoms. The summed E-state index contributed by atoms with van der Waals surface area (Å²) < 4.78 is 21.8. The van der Waals surface area contributed by atoms with E-state index in [0.717, 1.165) is 5.69 Å². The van der Waals surface area contributed by atoms with E-state index in [2.05, 4.69) is 5.32 Å². The molecule has 1 aromatic carbocycles. The van der Waals surface area contributed by atoms with E-state index >= 15 is 0 Å². The third kappa shape index (κ3) is 4.74. The smallest absolute Gasteiger partial charge is 0.147 e. The first kappa shape index (κ1) is 13.3. The lowest BCUT2D eigenvalue weighted by Crippen LogP contribution is -2.10. The molecule has 3 N–H and O–H groups in total. The molecule has 0 heterocycles. The van der Waals surface area contributed by atoms with Crippen molar-refractivity contribution in [1.29, 1.82) is 5.26 Å². The van der Waals surface area contributed by atoms with Crippen LogP contribution in [0.2, 0.25) is 0 Å². The fourth-order valence-electron chi connectivity index (χ4n) is 1.35. The van der Waals surface area contributed by atoms with Gasteiger partial charge in [0.05, 0.1) is 28.8 Å². The highest BCUT2D eigenvalue weighted by atomic mass is 32.2. The highest BCUT2D eigenvalue weighted by Crippen LogP contribution is 2.19. The number of anilines is 2. The summed E-state index contributed by atoms with van der Waals surface area (Å²) in [4.78, 5) is 0. The van der Waals surface area contributed by atoms with E-state index in [1.807, 2.05) is 6.07 Å². The average molecular weight is 253 g/mol. The number of nitrogens with one attached hydrogen (secondary N) is 1. The molecule has 0 saturated carbocycles. The Labute approximate surface area is 101 Å². The molecule has 5 nitrogen and oxygen atoms in total. The summed E-state index contributed by atoms with van der Waals surface area (Å²) in [7, 11) is -2.91. The van der Waals surface area contributed by atoms with Crippen molar-refractivity contribution >= 4 is 21.2 Å². The van der Waals surface area contributed by atoms with E-state index in [1.54, 1.807) is 18.2 Å². The van der Waals surface area contributed by atoms with Crippen molar-refractivity contribution in [2.75, 3.05) is 29.6 Å². The summed E-state index contributed by atoms with van der Waals surface area (Å²) in [5, 5.41) is 11.7. The van der Waals surface area contributed by atoms with Crippen molar-refractivity contribution in [3.05, 3.63) is 23.8 Å². The SMILES string of the molecule is CS(=O)(=O)CCCNc1ccc(C#N)cc1N. The Balaban J connectivity index is 2.51. The summed E-state index contributed by atoms with van der Waals surface area (Å²) >= 11 is 0.